The fraction of sp³-hybridized carbons (Fsp3) is 0.548. The molecule has 44 heavy (non-hydrogen) atoms. The van der Waals surface area contributed by atoms with E-state index in [4.69, 9.17) is 4.74 Å². The number of non-ortho nitro benzene ring substituents is 1. The second kappa shape index (κ2) is 17.6. The van der Waals surface area contributed by atoms with Crippen molar-refractivity contribution in [3.63, 3.8) is 0 Å². The molecule has 0 aliphatic heterocycles. The number of nitrogens with zero attached hydrogens (tertiary/aromatic N) is 3. The number of nitrogens with one attached hydrogen (secondary N) is 3. The number of hydrazine groups is 1. The van der Waals surface area contributed by atoms with Crippen molar-refractivity contribution in [2.45, 2.75) is 66.2 Å². The van der Waals surface area contributed by atoms with Crippen molar-refractivity contribution < 1.29 is 24.7 Å². The summed E-state index contributed by atoms with van der Waals surface area (Å²) >= 11 is 3.31. The summed E-state index contributed by atoms with van der Waals surface area (Å²) in [5.41, 5.74) is 7.84. The zero-order chi connectivity index (χ0) is 32.9. The number of halogens is 1. The lowest BCUT2D eigenvalue weighted by atomic mass is 9.84. The predicted molar refractivity (Wildman–Crippen MR) is 177 cm³/mol. The van der Waals surface area contributed by atoms with Gasteiger partial charge in [-0.25, -0.2) is 0 Å². The van der Waals surface area contributed by atoms with Crippen molar-refractivity contribution in [3.8, 4) is 11.8 Å². The molecule has 0 aliphatic rings. The molecule has 0 heterocycles. The van der Waals surface area contributed by atoms with Gasteiger partial charge in [-0.1, -0.05) is 27.7 Å². The smallest absolute Gasteiger partial charge is 0.272 e. The SMILES string of the molecule is COc1cc(NNc2c(Br)cc([N+](=O)[O-])cc2C#N)c(NC(=O)CC(C)CC(C)(C)C)cc1N(CCCCO)CCCCO. The number of nitro groups is 1. The lowest BCUT2D eigenvalue weighted by Crippen LogP contribution is -2.27. The van der Waals surface area contributed by atoms with Gasteiger partial charge in [-0.3, -0.25) is 25.8 Å². The van der Waals surface area contributed by atoms with E-state index in [2.05, 4.69) is 57.8 Å². The number of nitriles is 1. The molecule has 242 valence electrons. The summed E-state index contributed by atoms with van der Waals surface area (Å²) < 4.78 is 6.07. The number of amides is 1. The van der Waals surface area contributed by atoms with E-state index in [1.165, 1.54) is 12.1 Å². The molecular weight excluding hydrogens is 632 g/mol. The van der Waals surface area contributed by atoms with Gasteiger partial charge in [-0.15, -0.1) is 0 Å². The Bertz CT molecular complexity index is 1300. The molecule has 0 fully saturated rings. The van der Waals surface area contributed by atoms with E-state index in [0.717, 1.165) is 24.9 Å². The average molecular weight is 678 g/mol. The Balaban J connectivity index is 2.53. The van der Waals surface area contributed by atoms with Crippen molar-refractivity contribution in [3.05, 3.63) is 44.4 Å². The summed E-state index contributed by atoms with van der Waals surface area (Å²) in [6, 6.07) is 8.00. The van der Waals surface area contributed by atoms with E-state index in [1.807, 2.05) is 19.1 Å². The third kappa shape index (κ3) is 11.5. The molecular formula is C31H45BrN6O6. The molecule has 2 aromatic rings. The Kier molecular flexibility index (Phi) is 14.7. The molecule has 0 aromatic heterocycles. The summed E-state index contributed by atoms with van der Waals surface area (Å²) in [5.74, 6) is 0.497. The van der Waals surface area contributed by atoms with Gasteiger partial charge in [0.2, 0.25) is 5.91 Å². The molecule has 2 rings (SSSR count). The number of carbonyl (C=O) groups excluding carboxylic acids is 1. The van der Waals surface area contributed by atoms with Crippen molar-refractivity contribution in [1.82, 2.24) is 0 Å². The van der Waals surface area contributed by atoms with Gasteiger partial charge in [0, 0.05) is 50.9 Å². The largest absolute Gasteiger partial charge is 0.495 e. The Morgan fingerprint density at radius 1 is 1.09 bits per heavy atom. The molecule has 0 bridgehead atoms. The van der Waals surface area contributed by atoms with Crippen LogP contribution in [0.1, 0.15) is 71.8 Å². The Morgan fingerprint density at radius 3 is 2.25 bits per heavy atom. The number of hydrogen-bond acceptors (Lipinski definition) is 10. The number of benzene rings is 2. The Hall–Kier alpha value is -3.60. The number of ether oxygens (including phenoxy) is 1. The first-order valence-electron chi connectivity index (χ1n) is 14.7. The van der Waals surface area contributed by atoms with Gasteiger partial charge in [0.15, 0.2) is 0 Å². The van der Waals surface area contributed by atoms with Gasteiger partial charge in [-0.05, 0) is 65.4 Å². The predicted octanol–water partition coefficient (Wildman–Crippen LogP) is 6.43. The van der Waals surface area contributed by atoms with E-state index >= 15 is 0 Å². The number of aliphatic hydroxyl groups excluding tert-OH is 2. The highest BCUT2D eigenvalue weighted by atomic mass is 79.9. The summed E-state index contributed by atoms with van der Waals surface area (Å²) in [7, 11) is 1.54. The maximum atomic E-state index is 13.3. The van der Waals surface area contributed by atoms with Crippen LogP contribution in [0.3, 0.4) is 0 Å². The van der Waals surface area contributed by atoms with Gasteiger partial charge in [0.05, 0.1) is 44.8 Å². The van der Waals surface area contributed by atoms with Gasteiger partial charge >= 0.3 is 0 Å². The van der Waals surface area contributed by atoms with E-state index in [9.17, 15) is 30.4 Å². The van der Waals surface area contributed by atoms with Gasteiger partial charge in [-0.2, -0.15) is 5.26 Å². The molecule has 5 N–H and O–H groups in total. The van der Waals surface area contributed by atoms with Crippen LogP contribution in [0, 0.1) is 32.8 Å². The molecule has 1 amide bonds. The van der Waals surface area contributed by atoms with Crippen molar-refractivity contribution in [1.29, 1.82) is 5.26 Å². The van der Waals surface area contributed by atoms with E-state index in [0.29, 0.717) is 53.9 Å². The van der Waals surface area contributed by atoms with Crippen molar-refractivity contribution in [2.24, 2.45) is 11.3 Å². The van der Waals surface area contributed by atoms with E-state index in [1.54, 1.807) is 13.2 Å². The number of unbranched alkanes of at least 4 members (excludes halogenated alkanes) is 2. The number of carbonyl (C=O) groups is 1. The Morgan fingerprint density at radius 2 is 1.73 bits per heavy atom. The third-order valence-electron chi connectivity index (χ3n) is 6.83. The summed E-state index contributed by atoms with van der Waals surface area (Å²) in [5, 5.41) is 42.7. The molecule has 0 saturated carbocycles. The maximum absolute atomic E-state index is 13.3. The van der Waals surface area contributed by atoms with Crippen LogP contribution in [0.2, 0.25) is 0 Å². The quantitative estimate of drug-likeness (QED) is 0.0672. The second-order valence-corrected chi connectivity index (χ2v) is 12.9. The molecule has 13 heteroatoms. The molecule has 2 aromatic carbocycles. The third-order valence-corrected chi connectivity index (χ3v) is 7.45. The highest BCUT2D eigenvalue weighted by Gasteiger charge is 2.22. The fourth-order valence-corrected chi connectivity index (χ4v) is 5.59. The van der Waals surface area contributed by atoms with Crippen LogP contribution in [-0.4, -0.2) is 54.5 Å². The first-order valence-corrected chi connectivity index (χ1v) is 15.5. The molecule has 0 saturated heterocycles. The first-order chi connectivity index (χ1) is 20.8. The summed E-state index contributed by atoms with van der Waals surface area (Å²) in [4.78, 5) is 26.1. The molecule has 0 radical (unpaired) electrons. The van der Waals surface area contributed by atoms with Crippen LogP contribution in [-0.2, 0) is 4.79 Å². The van der Waals surface area contributed by atoms with Crippen LogP contribution < -0.4 is 25.8 Å². The number of methoxy groups -OCH3 is 1. The van der Waals surface area contributed by atoms with Gasteiger partial charge in [0.25, 0.3) is 5.69 Å². The Labute approximate surface area is 268 Å². The fourth-order valence-electron chi connectivity index (χ4n) is 5.05. The van der Waals surface area contributed by atoms with Crippen molar-refractivity contribution >= 4 is 50.3 Å². The minimum atomic E-state index is -0.576. The standard InChI is InChI=1S/C31H45BrN6O6/c1-21(19-31(2,3)4)14-29(41)34-25-17-27(37(10-6-8-12-39)11-7-9-13-40)28(44-5)18-26(25)35-36-30-22(20-33)15-23(38(42)43)16-24(30)32/h15-18,21,35-36,39-40H,6-14,19H2,1-5H3,(H,34,41). The van der Waals surface area contributed by atoms with Crippen LogP contribution in [0.4, 0.5) is 28.4 Å². The topological polar surface area (TPSA) is 173 Å². The molecule has 0 aliphatic carbocycles. The minimum absolute atomic E-state index is 0.0442. The molecule has 1 atom stereocenters. The maximum Gasteiger partial charge on any atom is 0.272 e. The summed E-state index contributed by atoms with van der Waals surface area (Å²) in [6.45, 7) is 9.87. The van der Waals surface area contributed by atoms with Crippen LogP contribution >= 0.6 is 15.9 Å². The lowest BCUT2D eigenvalue weighted by Gasteiger charge is -2.28. The molecule has 12 nitrogen and oxygen atoms in total. The zero-order valence-corrected chi connectivity index (χ0v) is 27.8. The van der Waals surface area contributed by atoms with E-state index in [-0.39, 0.29) is 47.4 Å². The summed E-state index contributed by atoms with van der Waals surface area (Å²) in [6.07, 6.45) is 3.91. The van der Waals surface area contributed by atoms with Crippen LogP contribution in [0.15, 0.2) is 28.7 Å². The average Bonchev–Trinajstić information content (AvgIpc) is 2.94. The first kappa shape index (κ1) is 36.6. The monoisotopic (exact) mass is 676 g/mol. The normalized spacial score (nSPS) is 11.8. The second-order valence-electron chi connectivity index (χ2n) is 12.0. The molecule has 1 unspecified atom stereocenters. The number of hydrogen-bond donors (Lipinski definition) is 5. The number of anilines is 4. The van der Waals surface area contributed by atoms with Crippen molar-refractivity contribution in [2.75, 3.05) is 54.5 Å². The van der Waals surface area contributed by atoms with Crippen LogP contribution in [0.5, 0.6) is 5.75 Å². The number of rotatable bonds is 18. The van der Waals surface area contributed by atoms with Crippen LogP contribution in [0.25, 0.3) is 0 Å². The van der Waals surface area contributed by atoms with E-state index < -0.39 is 4.92 Å². The number of nitro benzene ring substituents is 1. The lowest BCUT2D eigenvalue weighted by molar-refractivity contribution is -0.384. The van der Waals surface area contributed by atoms with Gasteiger partial charge in [0.1, 0.15) is 11.8 Å². The minimum Gasteiger partial charge on any atom is -0.495 e. The molecule has 0 spiro atoms. The number of aliphatic hydroxyl groups is 2. The highest BCUT2D eigenvalue weighted by molar-refractivity contribution is 9.10. The zero-order valence-electron chi connectivity index (χ0n) is 26.2. The van der Waals surface area contributed by atoms with Gasteiger partial charge < -0.3 is 25.2 Å². The highest BCUT2D eigenvalue weighted by Crippen LogP contribution is 2.39.